The average Bonchev–Trinajstić information content (AvgIpc) is 2.26. The van der Waals surface area contributed by atoms with Crippen molar-refractivity contribution in [2.75, 3.05) is 6.61 Å². The highest BCUT2D eigenvalue weighted by Gasteiger charge is 2.11. The van der Waals surface area contributed by atoms with Crippen molar-refractivity contribution in [3.8, 4) is 0 Å². The summed E-state index contributed by atoms with van der Waals surface area (Å²) in [5.41, 5.74) is 0. The third-order valence-electron chi connectivity index (χ3n) is 2.51. The Balaban J connectivity index is 3.35. The van der Waals surface area contributed by atoms with E-state index in [1.807, 2.05) is 6.92 Å². The zero-order valence-electron chi connectivity index (χ0n) is 10.7. The fraction of sp³-hybridized carbons (Fsp3) is 0.923. The van der Waals surface area contributed by atoms with Crippen LogP contribution >= 0.6 is 0 Å². The van der Waals surface area contributed by atoms with E-state index >= 15 is 0 Å². The molecule has 0 fully saturated rings. The zero-order chi connectivity index (χ0) is 12.2. The van der Waals surface area contributed by atoms with Gasteiger partial charge in [-0.15, -0.1) is 0 Å². The molecule has 0 saturated heterocycles. The van der Waals surface area contributed by atoms with Crippen molar-refractivity contribution < 1.29 is 14.6 Å². The second-order valence-electron chi connectivity index (χ2n) is 4.28. The van der Waals surface area contributed by atoms with Crippen molar-refractivity contribution in [3.05, 3.63) is 0 Å². The number of hydrogen-bond donors (Lipinski definition) is 1. The molecular formula is C13H26O3. The molecule has 0 aliphatic carbocycles. The predicted octanol–water partition coefficient (Wildman–Crippen LogP) is 3.05. The molecule has 1 atom stereocenters. The van der Waals surface area contributed by atoms with Crippen LogP contribution in [0.1, 0.15) is 65.2 Å². The molecule has 96 valence electrons. The number of carbonyl (C=O) groups is 1. The Bertz CT molecular complexity index is 169. The molecule has 0 aromatic rings. The summed E-state index contributed by atoms with van der Waals surface area (Å²) < 4.78 is 4.91. The maximum Gasteiger partial charge on any atom is 0.308 e. The van der Waals surface area contributed by atoms with Gasteiger partial charge in [-0.1, -0.05) is 46.0 Å². The van der Waals surface area contributed by atoms with Crippen LogP contribution in [0.25, 0.3) is 0 Å². The normalized spacial score (nSPS) is 12.4. The van der Waals surface area contributed by atoms with Gasteiger partial charge in [0.1, 0.15) is 0 Å². The lowest BCUT2D eigenvalue weighted by Gasteiger charge is -2.09. The fourth-order valence-corrected chi connectivity index (χ4v) is 1.55. The monoisotopic (exact) mass is 230 g/mol. The number of hydrogen-bond acceptors (Lipinski definition) is 3. The molecule has 1 unspecified atom stereocenters. The van der Waals surface area contributed by atoms with Gasteiger partial charge < -0.3 is 9.84 Å². The van der Waals surface area contributed by atoms with E-state index in [0.717, 1.165) is 19.3 Å². The van der Waals surface area contributed by atoms with E-state index in [0.29, 0.717) is 13.0 Å². The summed E-state index contributed by atoms with van der Waals surface area (Å²) in [6, 6.07) is 0. The summed E-state index contributed by atoms with van der Waals surface area (Å²) >= 11 is 0. The maximum atomic E-state index is 11.2. The largest absolute Gasteiger partial charge is 0.466 e. The second kappa shape index (κ2) is 10.9. The van der Waals surface area contributed by atoms with Gasteiger partial charge in [-0.3, -0.25) is 4.79 Å². The average molecular weight is 230 g/mol. The van der Waals surface area contributed by atoms with Crippen LogP contribution in [0.5, 0.6) is 0 Å². The Morgan fingerprint density at radius 3 is 2.44 bits per heavy atom. The van der Waals surface area contributed by atoms with Gasteiger partial charge in [0.25, 0.3) is 0 Å². The Morgan fingerprint density at radius 2 is 1.81 bits per heavy atom. The molecule has 3 nitrogen and oxygen atoms in total. The lowest BCUT2D eigenvalue weighted by Crippen LogP contribution is -2.16. The standard InChI is InChI=1S/C13H26O3/c1-3-5-6-7-8-9-12(14)11-13(15)16-10-4-2/h12,14H,3-11H2,1-2H3. The number of esters is 1. The number of aliphatic hydroxyl groups is 1. The first-order chi connectivity index (χ1) is 7.70. The summed E-state index contributed by atoms with van der Waals surface area (Å²) in [4.78, 5) is 11.2. The van der Waals surface area contributed by atoms with E-state index in [1.165, 1.54) is 19.3 Å². The van der Waals surface area contributed by atoms with Crippen LogP contribution in [0, 0.1) is 0 Å². The molecule has 0 amide bonds. The van der Waals surface area contributed by atoms with Crippen molar-refractivity contribution in [2.45, 2.75) is 71.3 Å². The van der Waals surface area contributed by atoms with Crippen LogP contribution < -0.4 is 0 Å². The molecule has 1 N–H and O–H groups in total. The molecule has 0 aliphatic heterocycles. The van der Waals surface area contributed by atoms with Gasteiger partial charge in [0.05, 0.1) is 19.1 Å². The molecular weight excluding hydrogens is 204 g/mol. The van der Waals surface area contributed by atoms with E-state index in [4.69, 9.17) is 4.74 Å². The quantitative estimate of drug-likeness (QED) is 0.463. The van der Waals surface area contributed by atoms with Gasteiger partial charge in [0.2, 0.25) is 0 Å². The SMILES string of the molecule is CCCCCCCC(O)CC(=O)OCCC. The highest BCUT2D eigenvalue weighted by atomic mass is 16.5. The molecule has 0 heterocycles. The van der Waals surface area contributed by atoms with Crippen molar-refractivity contribution in [3.63, 3.8) is 0 Å². The minimum Gasteiger partial charge on any atom is -0.466 e. The third-order valence-corrected chi connectivity index (χ3v) is 2.51. The van der Waals surface area contributed by atoms with E-state index in [9.17, 15) is 9.90 Å². The van der Waals surface area contributed by atoms with Crippen molar-refractivity contribution in [2.24, 2.45) is 0 Å². The topological polar surface area (TPSA) is 46.5 Å². The van der Waals surface area contributed by atoms with Crippen LogP contribution in [-0.2, 0) is 9.53 Å². The Kier molecular flexibility index (Phi) is 10.5. The smallest absolute Gasteiger partial charge is 0.308 e. The lowest BCUT2D eigenvalue weighted by atomic mass is 10.1. The van der Waals surface area contributed by atoms with E-state index in [-0.39, 0.29) is 12.4 Å². The summed E-state index contributed by atoms with van der Waals surface area (Å²) in [6.07, 6.45) is 7.03. The first kappa shape index (κ1) is 15.4. The molecule has 0 rings (SSSR count). The molecule has 16 heavy (non-hydrogen) atoms. The minimum absolute atomic E-state index is 0.147. The number of aliphatic hydroxyl groups excluding tert-OH is 1. The molecule has 0 radical (unpaired) electrons. The minimum atomic E-state index is -0.522. The van der Waals surface area contributed by atoms with Gasteiger partial charge in [0, 0.05) is 0 Å². The summed E-state index contributed by atoms with van der Waals surface area (Å²) in [5, 5.41) is 9.57. The van der Waals surface area contributed by atoms with Gasteiger partial charge in [-0.05, 0) is 12.8 Å². The Labute approximate surface area is 99.2 Å². The van der Waals surface area contributed by atoms with Gasteiger partial charge in [0.15, 0.2) is 0 Å². The van der Waals surface area contributed by atoms with E-state index < -0.39 is 6.10 Å². The molecule has 0 aromatic carbocycles. The Hall–Kier alpha value is -0.570. The molecule has 0 aromatic heterocycles. The van der Waals surface area contributed by atoms with Crippen molar-refractivity contribution in [1.82, 2.24) is 0 Å². The predicted molar refractivity (Wildman–Crippen MR) is 65.2 cm³/mol. The first-order valence-electron chi connectivity index (χ1n) is 6.54. The fourth-order valence-electron chi connectivity index (χ4n) is 1.55. The first-order valence-corrected chi connectivity index (χ1v) is 6.54. The molecule has 0 aliphatic rings. The second-order valence-corrected chi connectivity index (χ2v) is 4.28. The summed E-state index contributed by atoms with van der Waals surface area (Å²) in [7, 11) is 0. The molecule has 0 bridgehead atoms. The highest BCUT2D eigenvalue weighted by Crippen LogP contribution is 2.09. The van der Waals surface area contributed by atoms with E-state index in [2.05, 4.69) is 6.92 Å². The van der Waals surface area contributed by atoms with Crippen LogP contribution in [0.15, 0.2) is 0 Å². The molecule has 0 spiro atoms. The number of unbranched alkanes of at least 4 members (excludes halogenated alkanes) is 4. The zero-order valence-corrected chi connectivity index (χ0v) is 10.7. The summed E-state index contributed by atoms with van der Waals surface area (Å²) in [5.74, 6) is -0.275. The lowest BCUT2D eigenvalue weighted by molar-refractivity contribution is -0.145. The van der Waals surface area contributed by atoms with Gasteiger partial charge >= 0.3 is 5.97 Å². The van der Waals surface area contributed by atoms with Gasteiger partial charge in [-0.2, -0.15) is 0 Å². The van der Waals surface area contributed by atoms with Crippen LogP contribution in [-0.4, -0.2) is 23.8 Å². The van der Waals surface area contributed by atoms with E-state index in [1.54, 1.807) is 0 Å². The summed E-state index contributed by atoms with van der Waals surface area (Å²) in [6.45, 7) is 4.60. The Morgan fingerprint density at radius 1 is 1.12 bits per heavy atom. The molecule has 3 heteroatoms. The van der Waals surface area contributed by atoms with Gasteiger partial charge in [-0.25, -0.2) is 0 Å². The van der Waals surface area contributed by atoms with Crippen LogP contribution in [0.4, 0.5) is 0 Å². The van der Waals surface area contributed by atoms with Crippen molar-refractivity contribution >= 4 is 5.97 Å². The highest BCUT2D eigenvalue weighted by molar-refractivity contribution is 5.69. The van der Waals surface area contributed by atoms with Crippen LogP contribution in [0.3, 0.4) is 0 Å². The number of rotatable bonds is 10. The maximum absolute atomic E-state index is 11.2. The van der Waals surface area contributed by atoms with Crippen LogP contribution in [0.2, 0.25) is 0 Å². The third kappa shape index (κ3) is 9.97. The number of carbonyl (C=O) groups excluding carboxylic acids is 1. The molecule has 0 saturated carbocycles. The van der Waals surface area contributed by atoms with Crippen molar-refractivity contribution in [1.29, 1.82) is 0 Å². The number of ether oxygens (including phenoxy) is 1.